The van der Waals surface area contributed by atoms with Crippen molar-refractivity contribution in [1.82, 2.24) is 10.3 Å². The van der Waals surface area contributed by atoms with Crippen LogP contribution in [0.4, 0.5) is 11.5 Å². The Morgan fingerprint density at radius 2 is 1.82 bits per heavy atom. The highest BCUT2D eigenvalue weighted by atomic mass is 35.5. The number of pyridine rings is 1. The number of aromatic nitrogens is 1. The van der Waals surface area contributed by atoms with Gasteiger partial charge in [0.1, 0.15) is 18.2 Å². The Bertz CT molecular complexity index is 1190. The molecule has 3 aromatic rings. The molecule has 0 radical (unpaired) electrons. The topological polar surface area (TPSA) is 57.7 Å². The Morgan fingerprint density at radius 3 is 2.56 bits per heavy atom. The van der Waals surface area contributed by atoms with Crippen LogP contribution in [0.1, 0.15) is 23.2 Å². The van der Waals surface area contributed by atoms with Gasteiger partial charge in [-0.2, -0.15) is 0 Å². The number of nitrogens with one attached hydrogen (secondary N) is 1. The molecular weight excluding hydrogens is 448 g/mol. The van der Waals surface area contributed by atoms with Crippen molar-refractivity contribution in [1.29, 1.82) is 0 Å². The molecule has 3 aliphatic rings. The lowest BCUT2D eigenvalue weighted by Crippen LogP contribution is -2.58. The molecule has 1 saturated carbocycles. The first kappa shape index (κ1) is 21.4. The first-order valence-corrected chi connectivity index (χ1v) is 12.3. The molecule has 1 saturated heterocycles. The Hall–Kier alpha value is -3.09. The molecule has 1 aromatic heterocycles. The highest BCUT2D eigenvalue weighted by molar-refractivity contribution is 6.30. The lowest BCUT2D eigenvalue weighted by atomic mass is 10.0. The summed E-state index contributed by atoms with van der Waals surface area (Å²) in [7, 11) is 0. The lowest BCUT2D eigenvalue weighted by Gasteiger charge is -2.40. The number of hydrogen-bond donors (Lipinski definition) is 1. The number of rotatable bonds is 6. The van der Waals surface area contributed by atoms with Crippen LogP contribution in [0.2, 0.25) is 5.02 Å². The van der Waals surface area contributed by atoms with Crippen LogP contribution >= 0.6 is 11.6 Å². The average molecular weight is 475 g/mol. The fraction of sp³-hybridized carbons (Fsp3) is 0.333. The molecule has 2 aliphatic heterocycles. The highest BCUT2D eigenvalue weighted by Gasteiger charge is 2.30. The van der Waals surface area contributed by atoms with Crippen molar-refractivity contribution in [3.05, 3.63) is 71.4 Å². The minimum absolute atomic E-state index is 0.0713. The number of ether oxygens (including phenoxy) is 1. The number of amides is 1. The van der Waals surface area contributed by atoms with Gasteiger partial charge in [0.05, 0.1) is 24.0 Å². The monoisotopic (exact) mass is 474 g/mol. The molecule has 174 valence electrons. The van der Waals surface area contributed by atoms with Crippen molar-refractivity contribution in [2.45, 2.75) is 18.9 Å². The zero-order chi connectivity index (χ0) is 23.1. The van der Waals surface area contributed by atoms with Gasteiger partial charge in [0.25, 0.3) is 5.91 Å². The molecule has 6 rings (SSSR count). The van der Waals surface area contributed by atoms with E-state index in [1.54, 1.807) is 11.1 Å². The fourth-order valence-corrected chi connectivity index (χ4v) is 4.68. The van der Waals surface area contributed by atoms with Gasteiger partial charge in [-0.05, 0) is 72.8 Å². The number of nitrogens with zero attached hydrogens (tertiary/aromatic N) is 3. The van der Waals surface area contributed by atoms with Gasteiger partial charge < -0.3 is 19.9 Å². The maximum absolute atomic E-state index is 13.4. The zero-order valence-corrected chi connectivity index (χ0v) is 19.7. The van der Waals surface area contributed by atoms with E-state index in [1.165, 1.54) is 12.8 Å². The molecule has 0 bridgehead atoms. The summed E-state index contributed by atoms with van der Waals surface area (Å²) in [6.45, 7) is 4.01. The summed E-state index contributed by atoms with van der Waals surface area (Å²) in [6.07, 6.45) is 4.55. The number of fused-ring (bicyclic) bond motifs is 1. The first-order chi connectivity index (χ1) is 16.6. The van der Waals surface area contributed by atoms with E-state index in [1.807, 2.05) is 54.6 Å². The molecule has 3 heterocycles. The molecule has 1 amide bonds. The van der Waals surface area contributed by atoms with E-state index < -0.39 is 0 Å². The molecule has 2 aromatic carbocycles. The second kappa shape index (κ2) is 8.93. The number of carbonyl (C=O) groups excluding carboxylic acids is 1. The van der Waals surface area contributed by atoms with Gasteiger partial charge in [0.15, 0.2) is 0 Å². The van der Waals surface area contributed by atoms with Crippen LogP contribution in [0.3, 0.4) is 0 Å². The van der Waals surface area contributed by atoms with Crippen molar-refractivity contribution >= 4 is 29.0 Å². The molecule has 0 spiro atoms. The second-order valence-electron chi connectivity index (χ2n) is 9.35. The lowest BCUT2D eigenvalue weighted by molar-refractivity contribution is 0.0990. The maximum Gasteiger partial charge on any atom is 0.262 e. The summed E-state index contributed by atoms with van der Waals surface area (Å²) < 4.78 is 5.98. The number of benzene rings is 2. The average Bonchev–Trinajstić information content (AvgIpc) is 3.67. The molecule has 6 nitrogen and oxygen atoms in total. The third-order valence-corrected chi connectivity index (χ3v) is 7.10. The number of hydrogen-bond acceptors (Lipinski definition) is 5. The van der Waals surface area contributed by atoms with Crippen molar-refractivity contribution < 1.29 is 9.53 Å². The largest absolute Gasteiger partial charge is 0.491 e. The molecule has 7 heteroatoms. The zero-order valence-electron chi connectivity index (χ0n) is 18.9. The van der Waals surface area contributed by atoms with E-state index in [0.717, 1.165) is 48.2 Å². The molecular formula is C27H27ClN4O2. The Balaban J connectivity index is 1.15. The summed E-state index contributed by atoms with van der Waals surface area (Å²) >= 11 is 6.01. The van der Waals surface area contributed by atoms with Crippen LogP contribution in [-0.2, 0) is 0 Å². The van der Waals surface area contributed by atoms with E-state index in [-0.39, 0.29) is 5.91 Å². The Labute approximate surface area is 204 Å². The van der Waals surface area contributed by atoms with Crippen molar-refractivity contribution in [3.63, 3.8) is 0 Å². The standard InChI is InChI=1S/C27H27ClN4O2/c28-21-6-3-19(4-7-21)20-5-9-24-25(13-20)34-12-11-32(27(24)33)23-8-10-26(30-15-23)31-16-22(17-31)29-14-18-1-2-18/h3-10,13,15,18,22,29H,1-2,11-12,14,16-17H2. The van der Waals surface area contributed by atoms with E-state index in [9.17, 15) is 4.79 Å². The summed E-state index contributed by atoms with van der Waals surface area (Å²) in [6, 6.07) is 17.9. The minimum atomic E-state index is -0.0713. The van der Waals surface area contributed by atoms with Crippen LogP contribution < -0.4 is 19.9 Å². The summed E-state index contributed by atoms with van der Waals surface area (Å²) in [5, 5.41) is 4.33. The molecule has 34 heavy (non-hydrogen) atoms. The van der Waals surface area contributed by atoms with Gasteiger partial charge >= 0.3 is 0 Å². The van der Waals surface area contributed by atoms with Crippen LogP contribution in [-0.4, -0.2) is 49.7 Å². The molecule has 1 aliphatic carbocycles. The molecule has 1 N–H and O–H groups in total. The normalized spacial score (nSPS) is 18.2. The Kier molecular flexibility index (Phi) is 5.63. The predicted molar refractivity (Wildman–Crippen MR) is 135 cm³/mol. The first-order valence-electron chi connectivity index (χ1n) is 11.9. The van der Waals surface area contributed by atoms with Gasteiger partial charge in [0.2, 0.25) is 0 Å². The van der Waals surface area contributed by atoms with E-state index in [0.29, 0.717) is 35.5 Å². The number of carbonyl (C=O) groups is 1. The Morgan fingerprint density at radius 1 is 1.03 bits per heavy atom. The van der Waals surface area contributed by atoms with Crippen molar-refractivity contribution in [2.75, 3.05) is 42.6 Å². The van der Waals surface area contributed by atoms with Gasteiger partial charge in [-0.25, -0.2) is 4.98 Å². The van der Waals surface area contributed by atoms with Crippen LogP contribution in [0.5, 0.6) is 5.75 Å². The number of halogens is 1. The second-order valence-corrected chi connectivity index (χ2v) is 9.79. The molecule has 0 atom stereocenters. The van der Waals surface area contributed by atoms with E-state index in [2.05, 4.69) is 15.2 Å². The molecule has 2 fully saturated rings. The van der Waals surface area contributed by atoms with Crippen LogP contribution in [0.15, 0.2) is 60.8 Å². The summed E-state index contributed by atoms with van der Waals surface area (Å²) in [4.78, 5) is 22.0. The maximum atomic E-state index is 13.4. The van der Waals surface area contributed by atoms with Crippen molar-refractivity contribution in [3.8, 4) is 16.9 Å². The summed E-state index contributed by atoms with van der Waals surface area (Å²) in [5.41, 5.74) is 3.37. The van der Waals surface area contributed by atoms with Gasteiger partial charge in [0, 0.05) is 24.2 Å². The quantitative estimate of drug-likeness (QED) is 0.564. The third kappa shape index (κ3) is 4.36. The van der Waals surface area contributed by atoms with Gasteiger partial charge in [-0.1, -0.05) is 29.8 Å². The van der Waals surface area contributed by atoms with Crippen LogP contribution in [0.25, 0.3) is 11.1 Å². The smallest absolute Gasteiger partial charge is 0.262 e. The van der Waals surface area contributed by atoms with E-state index >= 15 is 0 Å². The highest BCUT2D eigenvalue weighted by Crippen LogP contribution is 2.32. The van der Waals surface area contributed by atoms with E-state index in [4.69, 9.17) is 16.3 Å². The third-order valence-electron chi connectivity index (χ3n) is 6.85. The molecule has 0 unspecified atom stereocenters. The summed E-state index contributed by atoms with van der Waals surface area (Å²) in [5.74, 6) is 2.39. The predicted octanol–water partition coefficient (Wildman–Crippen LogP) is 4.63. The number of anilines is 2. The van der Waals surface area contributed by atoms with Gasteiger partial charge in [-0.3, -0.25) is 4.79 Å². The fourth-order valence-electron chi connectivity index (χ4n) is 4.56. The van der Waals surface area contributed by atoms with Gasteiger partial charge in [-0.15, -0.1) is 0 Å². The van der Waals surface area contributed by atoms with Crippen molar-refractivity contribution in [2.24, 2.45) is 5.92 Å². The minimum Gasteiger partial charge on any atom is -0.491 e. The SMILES string of the molecule is O=C1c2ccc(-c3ccc(Cl)cc3)cc2OCCN1c1ccc(N2CC(NCC3CC3)C2)nc1. The van der Waals surface area contributed by atoms with Crippen LogP contribution in [0, 0.1) is 5.92 Å².